The van der Waals surface area contributed by atoms with Gasteiger partial charge in [0.2, 0.25) is 0 Å². The molecule has 0 unspecified atom stereocenters. The summed E-state index contributed by atoms with van der Waals surface area (Å²) in [5.41, 5.74) is -0.315. The zero-order valence-electron chi connectivity index (χ0n) is 13.1. The number of carbonyl (C=O) groups is 1. The lowest BCUT2D eigenvalue weighted by atomic mass is 9.92. The average Bonchev–Trinajstić information content (AvgIpc) is 2.87. The van der Waals surface area contributed by atoms with Crippen LogP contribution in [0.1, 0.15) is 29.9 Å². The highest BCUT2D eigenvalue weighted by atomic mass is 19.1. The summed E-state index contributed by atoms with van der Waals surface area (Å²) in [6.45, 7) is 3.71. The van der Waals surface area contributed by atoms with Crippen LogP contribution in [-0.2, 0) is 12.7 Å². The molecule has 1 aromatic heterocycles. The molecule has 23 heavy (non-hydrogen) atoms. The van der Waals surface area contributed by atoms with Crippen LogP contribution >= 0.6 is 0 Å². The lowest BCUT2D eigenvalue weighted by Gasteiger charge is -2.25. The van der Waals surface area contributed by atoms with E-state index < -0.39 is 11.6 Å². The number of hydrogen-bond acceptors (Lipinski definition) is 4. The molecule has 0 fully saturated rings. The quantitative estimate of drug-likeness (QED) is 0.941. The zero-order valence-corrected chi connectivity index (χ0v) is 13.1. The number of aromatic nitrogens is 2. The molecular weight excluding hydrogens is 303 g/mol. The number of carboxylic acids is 1. The minimum atomic E-state index is -1.64. The van der Waals surface area contributed by atoms with Gasteiger partial charge in [-0.1, -0.05) is 0 Å². The highest BCUT2D eigenvalue weighted by Gasteiger charge is 2.28. The number of ether oxygens (including phenoxy) is 2. The predicted molar refractivity (Wildman–Crippen MR) is 80.7 cm³/mol. The molecular formula is C16H17FN2O4. The average molecular weight is 320 g/mol. The van der Waals surface area contributed by atoms with Crippen LogP contribution in [0.15, 0.2) is 18.2 Å². The first kappa shape index (κ1) is 15.3. The first-order valence-electron chi connectivity index (χ1n) is 7.18. The Hall–Kier alpha value is -2.57. The van der Waals surface area contributed by atoms with Crippen molar-refractivity contribution in [3.05, 3.63) is 29.5 Å². The third-order valence-corrected chi connectivity index (χ3v) is 3.70. The van der Waals surface area contributed by atoms with Crippen LogP contribution < -0.4 is 9.47 Å². The van der Waals surface area contributed by atoms with E-state index in [1.807, 2.05) is 0 Å². The van der Waals surface area contributed by atoms with Crippen molar-refractivity contribution in [3.63, 3.8) is 0 Å². The van der Waals surface area contributed by atoms with Gasteiger partial charge in [0.1, 0.15) is 18.9 Å². The van der Waals surface area contributed by atoms with Gasteiger partial charge in [-0.05, 0) is 32.0 Å². The van der Waals surface area contributed by atoms with Gasteiger partial charge in [0.25, 0.3) is 0 Å². The smallest absolute Gasteiger partial charge is 0.356 e. The molecule has 2 heterocycles. The van der Waals surface area contributed by atoms with E-state index in [4.69, 9.17) is 14.6 Å². The second kappa shape index (κ2) is 5.26. The molecule has 0 bridgehead atoms. The van der Waals surface area contributed by atoms with Crippen molar-refractivity contribution < 1.29 is 23.8 Å². The number of hydrogen-bond donors (Lipinski definition) is 1. The topological polar surface area (TPSA) is 73.6 Å². The number of nitrogens with zero attached hydrogens (tertiary/aromatic N) is 2. The summed E-state index contributed by atoms with van der Waals surface area (Å²) in [6.07, 6.45) is 0. The van der Waals surface area contributed by atoms with Gasteiger partial charge in [-0.15, -0.1) is 0 Å². The first-order valence-corrected chi connectivity index (χ1v) is 7.18. The second-order valence-electron chi connectivity index (χ2n) is 5.86. The number of halogens is 1. The highest BCUT2D eigenvalue weighted by Crippen LogP contribution is 2.42. The molecule has 1 aliphatic rings. The Morgan fingerprint density at radius 2 is 1.87 bits per heavy atom. The lowest BCUT2D eigenvalue weighted by molar-refractivity contribution is 0.0689. The Labute approximate surface area is 132 Å². The van der Waals surface area contributed by atoms with Crippen molar-refractivity contribution >= 4 is 5.97 Å². The molecule has 2 aromatic rings. The van der Waals surface area contributed by atoms with E-state index in [-0.39, 0.29) is 5.69 Å². The summed E-state index contributed by atoms with van der Waals surface area (Å²) < 4.78 is 27.2. The number of carboxylic acid groups (broad SMARTS) is 1. The van der Waals surface area contributed by atoms with Gasteiger partial charge in [-0.3, -0.25) is 4.68 Å². The summed E-state index contributed by atoms with van der Waals surface area (Å²) in [4.78, 5) is 11.1. The van der Waals surface area contributed by atoms with Crippen LogP contribution in [0.3, 0.4) is 0 Å². The van der Waals surface area contributed by atoms with E-state index in [9.17, 15) is 9.18 Å². The van der Waals surface area contributed by atoms with Gasteiger partial charge in [-0.2, -0.15) is 5.10 Å². The number of aromatic carboxylic acids is 1. The summed E-state index contributed by atoms with van der Waals surface area (Å²) in [7, 11) is 1.62. The SMILES string of the molecule is Cn1nc(C(=O)O)cc1-c1cc2c(cc1C(C)(C)F)OCCO2. The second-order valence-corrected chi connectivity index (χ2v) is 5.86. The number of fused-ring (bicyclic) bond motifs is 1. The van der Waals surface area contributed by atoms with E-state index in [0.29, 0.717) is 41.5 Å². The van der Waals surface area contributed by atoms with Gasteiger partial charge >= 0.3 is 5.97 Å². The third-order valence-electron chi connectivity index (χ3n) is 3.70. The zero-order chi connectivity index (χ0) is 16.8. The molecule has 1 N–H and O–H groups in total. The molecule has 0 saturated heterocycles. The minimum absolute atomic E-state index is 0.0972. The van der Waals surface area contributed by atoms with Crippen LogP contribution in [0.5, 0.6) is 11.5 Å². The van der Waals surface area contributed by atoms with Crippen molar-refractivity contribution in [3.8, 4) is 22.8 Å². The normalized spacial score (nSPS) is 13.9. The summed E-state index contributed by atoms with van der Waals surface area (Å²) in [6, 6.07) is 4.70. The Balaban J connectivity index is 2.23. The Morgan fingerprint density at radius 1 is 1.26 bits per heavy atom. The third kappa shape index (κ3) is 2.74. The molecule has 3 rings (SSSR count). The fraction of sp³-hybridized carbons (Fsp3) is 0.375. The highest BCUT2D eigenvalue weighted by molar-refractivity contribution is 5.87. The van der Waals surface area contributed by atoms with Crippen molar-refractivity contribution in [1.82, 2.24) is 9.78 Å². The number of benzene rings is 1. The Kier molecular flexibility index (Phi) is 3.50. The molecule has 1 aromatic carbocycles. The largest absolute Gasteiger partial charge is 0.486 e. The molecule has 0 atom stereocenters. The van der Waals surface area contributed by atoms with Crippen LogP contribution in [-0.4, -0.2) is 34.1 Å². The van der Waals surface area contributed by atoms with Crippen molar-refractivity contribution in [2.75, 3.05) is 13.2 Å². The fourth-order valence-corrected chi connectivity index (χ4v) is 2.62. The van der Waals surface area contributed by atoms with E-state index in [0.717, 1.165) is 0 Å². The molecule has 0 aliphatic carbocycles. The van der Waals surface area contributed by atoms with Crippen molar-refractivity contribution in [2.45, 2.75) is 19.5 Å². The molecule has 0 spiro atoms. The van der Waals surface area contributed by atoms with Gasteiger partial charge in [0.15, 0.2) is 17.2 Å². The van der Waals surface area contributed by atoms with E-state index >= 15 is 0 Å². The maximum absolute atomic E-state index is 14.7. The predicted octanol–water partition coefficient (Wildman–Crippen LogP) is 2.76. The summed E-state index contributed by atoms with van der Waals surface area (Å²) in [5.74, 6) is -0.135. The van der Waals surface area contributed by atoms with Gasteiger partial charge in [0, 0.05) is 18.2 Å². The van der Waals surface area contributed by atoms with Crippen LogP contribution in [0, 0.1) is 0 Å². The molecule has 122 valence electrons. The summed E-state index contributed by atoms with van der Waals surface area (Å²) in [5, 5.41) is 13.0. The fourth-order valence-electron chi connectivity index (χ4n) is 2.62. The lowest BCUT2D eigenvalue weighted by Crippen LogP contribution is -2.18. The number of aryl methyl sites for hydroxylation is 1. The van der Waals surface area contributed by atoms with Crippen LogP contribution in [0.2, 0.25) is 0 Å². The van der Waals surface area contributed by atoms with E-state index in [1.165, 1.54) is 24.6 Å². The maximum atomic E-state index is 14.7. The Morgan fingerprint density at radius 3 is 2.39 bits per heavy atom. The van der Waals surface area contributed by atoms with E-state index in [2.05, 4.69) is 5.10 Å². The molecule has 0 saturated carbocycles. The molecule has 0 amide bonds. The van der Waals surface area contributed by atoms with Crippen LogP contribution in [0.25, 0.3) is 11.3 Å². The van der Waals surface area contributed by atoms with Crippen LogP contribution in [0.4, 0.5) is 4.39 Å². The number of alkyl halides is 1. The van der Waals surface area contributed by atoms with Crippen molar-refractivity contribution in [1.29, 1.82) is 0 Å². The van der Waals surface area contributed by atoms with E-state index in [1.54, 1.807) is 19.2 Å². The molecule has 7 heteroatoms. The Bertz CT molecular complexity index is 777. The molecule has 1 aliphatic heterocycles. The van der Waals surface area contributed by atoms with Gasteiger partial charge in [0.05, 0.1) is 5.69 Å². The maximum Gasteiger partial charge on any atom is 0.356 e. The minimum Gasteiger partial charge on any atom is -0.486 e. The van der Waals surface area contributed by atoms with Gasteiger partial charge in [-0.25, -0.2) is 9.18 Å². The monoisotopic (exact) mass is 320 g/mol. The molecule has 0 radical (unpaired) electrons. The standard InChI is InChI=1S/C16H17FN2O4/c1-16(2,17)10-7-14-13(22-4-5-23-14)6-9(10)12-8-11(15(20)21)18-19(12)3/h6-8H,4-5H2,1-3H3,(H,20,21). The van der Waals surface area contributed by atoms with Gasteiger partial charge < -0.3 is 14.6 Å². The number of rotatable bonds is 3. The molecule has 6 nitrogen and oxygen atoms in total. The van der Waals surface area contributed by atoms with Crippen molar-refractivity contribution in [2.24, 2.45) is 7.05 Å². The summed E-state index contributed by atoms with van der Waals surface area (Å²) >= 11 is 0. The first-order chi connectivity index (χ1) is 10.8.